The summed E-state index contributed by atoms with van der Waals surface area (Å²) in [5.74, 6) is 0.647. The van der Waals surface area contributed by atoms with E-state index in [0.717, 1.165) is 0 Å². The highest BCUT2D eigenvalue weighted by molar-refractivity contribution is 5.79. The number of nitrogens with zero attached hydrogens (tertiary/aromatic N) is 1. The van der Waals surface area contributed by atoms with Gasteiger partial charge in [-0.3, -0.25) is 4.99 Å². The molecular formula is C15H23N. The highest BCUT2D eigenvalue weighted by atomic mass is 14.8. The van der Waals surface area contributed by atoms with Gasteiger partial charge in [0, 0.05) is 6.21 Å². The van der Waals surface area contributed by atoms with E-state index >= 15 is 0 Å². The van der Waals surface area contributed by atoms with E-state index < -0.39 is 0 Å². The molecule has 0 amide bonds. The smallest absolute Gasteiger partial charge is 0.0524 e. The molecule has 1 unspecified atom stereocenters. The SMILES string of the molecule is CCC(C)c1ccc(C=NC(C)(C)C)cc1. The second kappa shape index (κ2) is 5.29. The maximum Gasteiger partial charge on any atom is 0.0524 e. The van der Waals surface area contributed by atoms with Crippen LogP contribution < -0.4 is 0 Å². The molecule has 0 heterocycles. The van der Waals surface area contributed by atoms with Gasteiger partial charge in [-0.05, 0) is 44.2 Å². The minimum Gasteiger partial charge on any atom is -0.287 e. The molecule has 0 bridgehead atoms. The molecule has 0 radical (unpaired) electrons. The Kier molecular flexibility index (Phi) is 4.28. The van der Waals surface area contributed by atoms with Crippen molar-refractivity contribution >= 4 is 6.21 Å². The van der Waals surface area contributed by atoms with Crippen LogP contribution in [0.5, 0.6) is 0 Å². The molecule has 1 heteroatoms. The molecule has 1 atom stereocenters. The quantitative estimate of drug-likeness (QED) is 0.665. The predicted octanol–water partition coefficient (Wildman–Crippen LogP) is 4.42. The van der Waals surface area contributed by atoms with Gasteiger partial charge >= 0.3 is 0 Å². The molecule has 88 valence electrons. The van der Waals surface area contributed by atoms with E-state index in [1.165, 1.54) is 17.5 Å². The van der Waals surface area contributed by atoms with Crippen LogP contribution in [-0.4, -0.2) is 11.8 Å². The molecule has 1 rings (SSSR count). The summed E-state index contributed by atoms with van der Waals surface area (Å²) in [5, 5.41) is 0. The summed E-state index contributed by atoms with van der Waals surface area (Å²) < 4.78 is 0. The van der Waals surface area contributed by atoms with Crippen LogP contribution in [0.1, 0.15) is 58.1 Å². The first-order valence-electron chi connectivity index (χ1n) is 6.07. The van der Waals surface area contributed by atoms with Gasteiger partial charge in [0.05, 0.1) is 5.54 Å². The van der Waals surface area contributed by atoms with Crippen molar-refractivity contribution in [3.8, 4) is 0 Å². The molecule has 0 aliphatic heterocycles. The molecule has 0 aliphatic rings. The number of rotatable bonds is 3. The van der Waals surface area contributed by atoms with Gasteiger partial charge in [0.25, 0.3) is 0 Å². The highest BCUT2D eigenvalue weighted by Gasteiger charge is 2.05. The van der Waals surface area contributed by atoms with E-state index in [1.807, 2.05) is 6.21 Å². The second-order valence-electron chi connectivity index (χ2n) is 5.40. The van der Waals surface area contributed by atoms with Crippen molar-refractivity contribution in [2.45, 2.75) is 52.5 Å². The van der Waals surface area contributed by atoms with Gasteiger partial charge in [-0.25, -0.2) is 0 Å². The number of hydrogen-bond acceptors (Lipinski definition) is 1. The van der Waals surface area contributed by atoms with Gasteiger partial charge < -0.3 is 0 Å². The maximum atomic E-state index is 4.50. The molecule has 0 saturated carbocycles. The first-order valence-corrected chi connectivity index (χ1v) is 6.07. The summed E-state index contributed by atoms with van der Waals surface area (Å²) in [5.41, 5.74) is 2.60. The van der Waals surface area contributed by atoms with Gasteiger partial charge in [0.15, 0.2) is 0 Å². The molecule has 0 N–H and O–H groups in total. The van der Waals surface area contributed by atoms with Gasteiger partial charge in [-0.2, -0.15) is 0 Å². The van der Waals surface area contributed by atoms with Crippen molar-refractivity contribution < 1.29 is 0 Å². The van der Waals surface area contributed by atoms with E-state index in [4.69, 9.17) is 0 Å². The van der Waals surface area contributed by atoms with Gasteiger partial charge in [-0.15, -0.1) is 0 Å². The molecule has 0 saturated heterocycles. The second-order valence-corrected chi connectivity index (χ2v) is 5.40. The Morgan fingerprint density at radius 1 is 1.19 bits per heavy atom. The largest absolute Gasteiger partial charge is 0.287 e. The van der Waals surface area contributed by atoms with Crippen LogP contribution in [0.3, 0.4) is 0 Å². The Morgan fingerprint density at radius 3 is 2.19 bits per heavy atom. The molecule has 0 spiro atoms. The Hall–Kier alpha value is -1.11. The van der Waals surface area contributed by atoms with Crippen LogP contribution in [0.2, 0.25) is 0 Å². The summed E-state index contributed by atoms with van der Waals surface area (Å²) in [6, 6.07) is 8.71. The highest BCUT2D eigenvalue weighted by Crippen LogP contribution is 2.18. The molecular weight excluding hydrogens is 194 g/mol. The average molecular weight is 217 g/mol. The summed E-state index contributed by atoms with van der Waals surface area (Å²) >= 11 is 0. The summed E-state index contributed by atoms with van der Waals surface area (Å²) in [6.07, 6.45) is 3.15. The van der Waals surface area contributed by atoms with Gasteiger partial charge in [0.2, 0.25) is 0 Å². The van der Waals surface area contributed by atoms with Crippen molar-refractivity contribution in [3.63, 3.8) is 0 Å². The fourth-order valence-electron chi connectivity index (χ4n) is 1.41. The molecule has 1 nitrogen and oxygen atoms in total. The summed E-state index contributed by atoms with van der Waals surface area (Å²) in [6.45, 7) is 10.8. The first-order chi connectivity index (χ1) is 7.42. The Bertz CT molecular complexity index is 341. The van der Waals surface area contributed by atoms with Gasteiger partial charge in [-0.1, -0.05) is 38.1 Å². The summed E-state index contributed by atoms with van der Waals surface area (Å²) in [7, 11) is 0. The Balaban J connectivity index is 2.76. The zero-order valence-electron chi connectivity index (χ0n) is 11.1. The van der Waals surface area contributed by atoms with Crippen molar-refractivity contribution in [1.29, 1.82) is 0 Å². The normalized spacial score (nSPS) is 14.3. The third kappa shape index (κ3) is 4.18. The molecule has 1 aromatic rings. The lowest BCUT2D eigenvalue weighted by Crippen LogP contribution is -2.09. The van der Waals surface area contributed by atoms with Crippen LogP contribution in [0.4, 0.5) is 0 Å². The van der Waals surface area contributed by atoms with E-state index in [2.05, 4.69) is 63.9 Å². The van der Waals surface area contributed by atoms with Crippen LogP contribution >= 0.6 is 0 Å². The molecule has 1 aromatic carbocycles. The van der Waals surface area contributed by atoms with Crippen LogP contribution in [0.15, 0.2) is 29.3 Å². The minimum absolute atomic E-state index is 0.00931. The van der Waals surface area contributed by atoms with E-state index in [1.54, 1.807) is 0 Å². The van der Waals surface area contributed by atoms with Gasteiger partial charge in [0.1, 0.15) is 0 Å². The van der Waals surface area contributed by atoms with Crippen LogP contribution in [0, 0.1) is 0 Å². The van der Waals surface area contributed by atoms with Crippen LogP contribution in [0.25, 0.3) is 0 Å². The van der Waals surface area contributed by atoms with E-state index in [-0.39, 0.29) is 5.54 Å². The standard InChI is InChI=1S/C15H23N/c1-6-12(2)14-9-7-13(8-10-14)11-16-15(3,4)5/h7-12H,6H2,1-5H3. The molecule has 0 aromatic heterocycles. The fourth-order valence-corrected chi connectivity index (χ4v) is 1.41. The lowest BCUT2D eigenvalue weighted by molar-refractivity contribution is 0.586. The average Bonchev–Trinajstić information content (AvgIpc) is 2.25. The van der Waals surface area contributed by atoms with E-state index in [9.17, 15) is 0 Å². The Morgan fingerprint density at radius 2 is 1.75 bits per heavy atom. The zero-order chi connectivity index (χ0) is 12.2. The van der Waals surface area contributed by atoms with Crippen molar-refractivity contribution in [2.24, 2.45) is 4.99 Å². The maximum absolute atomic E-state index is 4.50. The van der Waals surface area contributed by atoms with E-state index in [0.29, 0.717) is 5.92 Å². The predicted molar refractivity (Wildman–Crippen MR) is 72.5 cm³/mol. The molecule has 16 heavy (non-hydrogen) atoms. The third-order valence-corrected chi connectivity index (χ3v) is 2.72. The third-order valence-electron chi connectivity index (χ3n) is 2.72. The fraction of sp³-hybridized carbons (Fsp3) is 0.533. The number of benzene rings is 1. The first kappa shape index (κ1) is 13.0. The molecule has 0 fully saturated rings. The zero-order valence-corrected chi connectivity index (χ0v) is 11.1. The number of aliphatic imine (C=N–C) groups is 1. The van der Waals surface area contributed by atoms with Crippen LogP contribution in [-0.2, 0) is 0 Å². The number of hydrogen-bond donors (Lipinski definition) is 0. The topological polar surface area (TPSA) is 12.4 Å². The monoisotopic (exact) mass is 217 g/mol. The Labute approximate surface area is 99.6 Å². The van der Waals surface area contributed by atoms with Crippen molar-refractivity contribution in [3.05, 3.63) is 35.4 Å². The van der Waals surface area contributed by atoms with Crippen molar-refractivity contribution in [2.75, 3.05) is 0 Å². The summed E-state index contributed by atoms with van der Waals surface area (Å²) in [4.78, 5) is 4.50. The lowest BCUT2D eigenvalue weighted by atomic mass is 9.98. The lowest BCUT2D eigenvalue weighted by Gasteiger charge is -2.11. The van der Waals surface area contributed by atoms with Crippen molar-refractivity contribution in [1.82, 2.24) is 0 Å². The molecule has 0 aliphatic carbocycles. The minimum atomic E-state index is 0.00931.